The van der Waals surface area contributed by atoms with Crippen molar-refractivity contribution < 1.29 is 19.1 Å². The topological polar surface area (TPSA) is 64.6 Å². The van der Waals surface area contributed by atoms with E-state index in [1.54, 1.807) is 18.2 Å². The van der Waals surface area contributed by atoms with Crippen molar-refractivity contribution >= 4 is 46.1 Å². The summed E-state index contributed by atoms with van der Waals surface area (Å²) in [4.78, 5) is 23.2. The van der Waals surface area contributed by atoms with Crippen molar-refractivity contribution in [1.82, 2.24) is 5.32 Å². The first kappa shape index (κ1) is 16.0. The van der Waals surface area contributed by atoms with Crippen LogP contribution in [-0.2, 0) is 9.53 Å². The van der Waals surface area contributed by atoms with Gasteiger partial charge in [-0.15, -0.1) is 0 Å². The van der Waals surface area contributed by atoms with Crippen LogP contribution in [0, 0.1) is 0 Å². The maximum Gasteiger partial charge on any atom is 0.320 e. The first-order valence-electron chi connectivity index (χ1n) is 5.33. The standard InChI is InChI=1S/C12H13ClINO4/c1-18-10-5-7(13)3-4-8(10)11(16)15-6-9(14)12(17)19-2/h3-5,9H,6H2,1-2H3,(H,15,16). The maximum atomic E-state index is 12.0. The lowest BCUT2D eigenvalue weighted by Crippen LogP contribution is -2.34. The molecule has 1 aromatic carbocycles. The lowest BCUT2D eigenvalue weighted by atomic mass is 10.2. The average molecular weight is 398 g/mol. The van der Waals surface area contributed by atoms with Crippen molar-refractivity contribution in [2.45, 2.75) is 3.92 Å². The van der Waals surface area contributed by atoms with Crippen molar-refractivity contribution in [1.29, 1.82) is 0 Å². The molecule has 0 fully saturated rings. The van der Waals surface area contributed by atoms with Crippen LogP contribution in [0.3, 0.4) is 0 Å². The fraction of sp³-hybridized carbons (Fsp3) is 0.333. The highest BCUT2D eigenvalue weighted by atomic mass is 127. The van der Waals surface area contributed by atoms with Crippen LogP contribution in [0.25, 0.3) is 0 Å². The largest absolute Gasteiger partial charge is 0.496 e. The van der Waals surface area contributed by atoms with E-state index in [-0.39, 0.29) is 18.4 Å². The van der Waals surface area contributed by atoms with Gasteiger partial charge in [-0.25, -0.2) is 0 Å². The van der Waals surface area contributed by atoms with Crippen molar-refractivity contribution in [3.8, 4) is 5.75 Å². The number of benzene rings is 1. The van der Waals surface area contributed by atoms with Crippen LogP contribution in [0.4, 0.5) is 0 Å². The Labute approximate surface area is 129 Å². The molecule has 0 radical (unpaired) electrons. The van der Waals surface area contributed by atoms with Crippen molar-refractivity contribution in [2.75, 3.05) is 20.8 Å². The summed E-state index contributed by atoms with van der Waals surface area (Å²) in [6.45, 7) is 0.178. The van der Waals surface area contributed by atoms with Crippen LogP contribution in [0.5, 0.6) is 5.75 Å². The molecule has 7 heteroatoms. The second-order valence-electron chi connectivity index (χ2n) is 3.55. The number of methoxy groups -OCH3 is 2. The van der Waals surface area contributed by atoms with Crippen molar-refractivity contribution in [3.05, 3.63) is 28.8 Å². The van der Waals surface area contributed by atoms with E-state index in [4.69, 9.17) is 16.3 Å². The number of carbonyl (C=O) groups excluding carboxylic acids is 2. The molecule has 0 spiro atoms. The van der Waals surface area contributed by atoms with Gasteiger partial charge in [0.05, 0.1) is 19.8 Å². The van der Waals surface area contributed by atoms with Gasteiger partial charge in [0.1, 0.15) is 9.67 Å². The predicted octanol–water partition coefficient (Wildman–Crippen LogP) is 2.05. The summed E-state index contributed by atoms with van der Waals surface area (Å²) in [6, 6.07) is 4.72. The smallest absolute Gasteiger partial charge is 0.320 e. The Bertz CT molecular complexity index is 481. The molecule has 0 saturated carbocycles. The van der Waals surface area contributed by atoms with E-state index in [9.17, 15) is 9.59 Å². The molecule has 1 rings (SSSR count). The Morgan fingerprint density at radius 3 is 2.68 bits per heavy atom. The number of rotatable bonds is 5. The molecule has 1 atom stereocenters. The van der Waals surface area contributed by atoms with E-state index >= 15 is 0 Å². The number of esters is 1. The highest BCUT2D eigenvalue weighted by Crippen LogP contribution is 2.22. The summed E-state index contributed by atoms with van der Waals surface area (Å²) in [6.07, 6.45) is 0. The van der Waals surface area contributed by atoms with Crippen LogP contribution >= 0.6 is 34.2 Å². The zero-order valence-corrected chi connectivity index (χ0v) is 13.3. The first-order chi connectivity index (χ1) is 8.99. The monoisotopic (exact) mass is 397 g/mol. The van der Waals surface area contributed by atoms with Gasteiger partial charge in [-0.1, -0.05) is 34.2 Å². The van der Waals surface area contributed by atoms with Gasteiger partial charge in [-0.2, -0.15) is 0 Å². The Hall–Kier alpha value is -1.02. The van der Waals surface area contributed by atoms with E-state index < -0.39 is 3.92 Å². The quantitative estimate of drug-likeness (QED) is 0.469. The predicted molar refractivity (Wildman–Crippen MR) is 80.2 cm³/mol. The molecule has 1 aromatic rings. The first-order valence-corrected chi connectivity index (χ1v) is 6.95. The molecule has 0 saturated heterocycles. The van der Waals surface area contributed by atoms with Gasteiger partial charge >= 0.3 is 5.97 Å². The Kier molecular flexibility index (Phi) is 6.36. The number of hydrogen-bond acceptors (Lipinski definition) is 4. The SMILES string of the molecule is COC(=O)C(I)CNC(=O)c1ccc(Cl)cc1OC. The Morgan fingerprint density at radius 1 is 1.42 bits per heavy atom. The molecule has 19 heavy (non-hydrogen) atoms. The summed E-state index contributed by atoms with van der Waals surface area (Å²) >= 11 is 7.72. The van der Waals surface area contributed by atoms with Gasteiger partial charge in [0, 0.05) is 11.6 Å². The van der Waals surface area contributed by atoms with E-state index in [2.05, 4.69) is 10.1 Å². The van der Waals surface area contributed by atoms with E-state index in [0.29, 0.717) is 16.3 Å². The number of carbonyl (C=O) groups is 2. The molecule has 1 N–H and O–H groups in total. The molecule has 1 amide bonds. The number of halogens is 2. The third-order valence-electron chi connectivity index (χ3n) is 2.31. The summed E-state index contributed by atoms with van der Waals surface area (Å²) in [5.74, 6) is -0.337. The normalized spacial score (nSPS) is 11.6. The van der Waals surface area contributed by atoms with Gasteiger partial charge in [0.15, 0.2) is 0 Å². The minimum Gasteiger partial charge on any atom is -0.496 e. The third kappa shape index (κ3) is 4.54. The van der Waals surface area contributed by atoms with Crippen LogP contribution < -0.4 is 10.1 Å². The molecule has 0 aliphatic rings. The zero-order valence-electron chi connectivity index (χ0n) is 10.4. The molecule has 0 bridgehead atoms. The number of hydrogen-bond donors (Lipinski definition) is 1. The summed E-state index contributed by atoms with van der Waals surface area (Å²) in [7, 11) is 2.76. The van der Waals surface area contributed by atoms with Gasteiger partial charge in [-0.05, 0) is 18.2 Å². The highest BCUT2D eigenvalue weighted by Gasteiger charge is 2.18. The minimum atomic E-state index is -0.440. The molecule has 0 aromatic heterocycles. The summed E-state index contributed by atoms with van der Waals surface area (Å²) < 4.78 is 9.21. The molecule has 5 nitrogen and oxygen atoms in total. The van der Waals surface area contributed by atoms with Crippen molar-refractivity contribution in [2.24, 2.45) is 0 Å². The minimum absolute atomic E-state index is 0.178. The molecule has 0 heterocycles. The fourth-order valence-electron chi connectivity index (χ4n) is 1.34. The molecule has 0 aliphatic heterocycles. The molecular weight excluding hydrogens is 384 g/mol. The van der Waals surface area contributed by atoms with Crippen molar-refractivity contribution in [3.63, 3.8) is 0 Å². The average Bonchev–Trinajstić information content (AvgIpc) is 2.43. The van der Waals surface area contributed by atoms with E-state index in [1.165, 1.54) is 14.2 Å². The number of nitrogens with one attached hydrogen (secondary N) is 1. The maximum absolute atomic E-state index is 12.0. The Morgan fingerprint density at radius 2 is 2.11 bits per heavy atom. The van der Waals surface area contributed by atoms with E-state index in [0.717, 1.165) is 0 Å². The zero-order chi connectivity index (χ0) is 14.4. The number of ether oxygens (including phenoxy) is 2. The van der Waals surface area contributed by atoms with Crippen LogP contribution in [0.2, 0.25) is 5.02 Å². The summed E-state index contributed by atoms with van der Waals surface area (Å²) in [5.41, 5.74) is 0.361. The number of alkyl halides is 1. The lowest BCUT2D eigenvalue weighted by Gasteiger charge is -2.11. The molecule has 104 valence electrons. The second kappa shape index (κ2) is 7.54. The van der Waals surface area contributed by atoms with Gasteiger partial charge in [-0.3, -0.25) is 9.59 Å². The van der Waals surface area contributed by atoms with Gasteiger partial charge < -0.3 is 14.8 Å². The third-order valence-corrected chi connectivity index (χ3v) is 3.49. The van der Waals surface area contributed by atoms with Crippen LogP contribution in [-0.4, -0.2) is 36.6 Å². The second-order valence-corrected chi connectivity index (χ2v) is 5.49. The Balaban J connectivity index is 2.71. The van der Waals surface area contributed by atoms with E-state index in [1.807, 2.05) is 22.6 Å². The molecule has 0 aliphatic carbocycles. The van der Waals surface area contributed by atoms with Crippen LogP contribution in [0.1, 0.15) is 10.4 Å². The molecular formula is C12H13ClINO4. The summed E-state index contributed by atoms with van der Waals surface area (Å²) in [5, 5.41) is 3.12. The molecule has 1 unspecified atom stereocenters. The van der Waals surface area contributed by atoms with Crippen LogP contribution in [0.15, 0.2) is 18.2 Å². The lowest BCUT2D eigenvalue weighted by molar-refractivity contribution is -0.139. The number of amides is 1. The van der Waals surface area contributed by atoms with Gasteiger partial charge in [0.2, 0.25) is 0 Å². The highest BCUT2D eigenvalue weighted by molar-refractivity contribution is 14.1. The van der Waals surface area contributed by atoms with Gasteiger partial charge in [0.25, 0.3) is 5.91 Å². The fourth-order valence-corrected chi connectivity index (χ4v) is 1.98.